The van der Waals surface area contributed by atoms with Gasteiger partial charge in [-0.3, -0.25) is 4.79 Å². The van der Waals surface area contributed by atoms with E-state index in [1.54, 1.807) is 0 Å². The second-order valence-electron chi connectivity index (χ2n) is 8.25. The van der Waals surface area contributed by atoms with Crippen molar-refractivity contribution in [3.63, 3.8) is 0 Å². The first-order valence-corrected chi connectivity index (χ1v) is 11.3. The van der Waals surface area contributed by atoms with E-state index in [0.717, 1.165) is 21.8 Å². The summed E-state index contributed by atoms with van der Waals surface area (Å²) in [6.45, 7) is 0.877. The van der Waals surface area contributed by atoms with Gasteiger partial charge in [0.15, 0.2) is 6.04 Å². The molecule has 1 saturated heterocycles. The molecule has 0 aliphatic carbocycles. The van der Waals surface area contributed by atoms with Gasteiger partial charge in [0, 0.05) is 0 Å². The van der Waals surface area contributed by atoms with Gasteiger partial charge in [-0.1, -0.05) is 91.0 Å². The number of ether oxygens (including phenoxy) is 3. The van der Waals surface area contributed by atoms with Crippen LogP contribution in [0.1, 0.15) is 16.7 Å². The molecule has 1 aliphatic heterocycles. The minimum absolute atomic E-state index is 0.0832. The molecule has 3 aromatic carbocycles. The van der Waals surface area contributed by atoms with Gasteiger partial charge in [0.1, 0.15) is 12.2 Å². The zero-order valence-corrected chi connectivity index (χ0v) is 18.8. The van der Waals surface area contributed by atoms with Crippen LogP contribution in [0.5, 0.6) is 0 Å². The molecule has 4 rings (SSSR count). The zero-order chi connectivity index (χ0) is 23.8. The predicted molar refractivity (Wildman–Crippen MR) is 125 cm³/mol. The highest BCUT2D eigenvalue weighted by Crippen LogP contribution is 2.31. The molecule has 0 saturated carbocycles. The average molecular weight is 464 g/mol. The molecule has 3 aromatic rings. The van der Waals surface area contributed by atoms with Crippen LogP contribution in [0.4, 0.5) is 0 Å². The summed E-state index contributed by atoms with van der Waals surface area (Å²) < 4.78 is 18.1. The maximum atomic E-state index is 12.1. The molecule has 0 radical (unpaired) electrons. The van der Waals surface area contributed by atoms with Crippen molar-refractivity contribution in [2.24, 2.45) is 0 Å². The monoisotopic (exact) mass is 463 g/mol. The number of carboxylic acids is 1. The molecule has 178 valence electrons. The third kappa shape index (κ3) is 6.08. The van der Waals surface area contributed by atoms with E-state index in [1.807, 2.05) is 91.0 Å². The van der Waals surface area contributed by atoms with Gasteiger partial charge < -0.3 is 24.5 Å². The van der Waals surface area contributed by atoms with Gasteiger partial charge in [0.05, 0.1) is 32.5 Å². The number of aliphatic carboxylic acids is 1. The molecule has 1 heterocycles. The highest BCUT2D eigenvalue weighted by atomic mass is 16.6. The Morgan fingerprint density at radius 1 is 0.706 bits per heavy atom. The van der Waals surface area contributed by atoms with Gasteiger partial charge in [-0.15, -0.1) is 0 Å². The summed E-state index contributed by atoms with van der Waals surface area (Å²) in [5.41, 5.74) is 2.83. The molecule has 7 nitrogen and oxygen atoms in total. The van der Waals surface area contributed by atoms with E-state index in [9.17, 15) is 15.1 Å². The Morgan fingerprint density at radius 2 is 1.15 bits per heavy atom. The van der Waals surface area contributed by atoms with E-state index in [4.69, 9.17) is 14.2 Å². The summed E-state index contributed by atoms with van der Waals surface area (Å²) >= 11 is 0. The first-order valence-electron chi connectivity index (χ1n) is 11.3. The van der Waals surface area contributed by atoms with Crippen molar-refractivity contribution in [3.05, 3.63) is 108 Å². The van der Waals surface area contributed by atoms with Crippen LogP contribution in [0.3, 0.4) is 0 Å². The summed E-state index contributed by atoms with van der Waals surface area (Å²) in [4.78, 5) is 12.1. The van der Waals surface area contributed by atoms with Gasteiger partial charge in [-0.2, -0.15) is 5.06 Å². The molecular weight excluding hydrogens is 434 g/mol. The van der Waals surface area contributed by atoms with E-state index in [0.29, 0.717) is 6.61 Å². The summed E-state index contributed by atoms with van der Waals surface area (Å²) in [7, 11) is 0. The summed E-state index contributed by atoms with van der Waals surface area (Å²) in [6, 6.07) is 26.8. The Balaban J connectivity index is 1.51. The van der Waals surface area contributed by atoms with E-state index in [1.165, 1.54) is 0 Å². The van der Waals surface area contributed by atoms with Crippen molar-refractivity contribution < 1.29 is 29.3 Å². The normalized spacial score (nSPS) is 22.6. The molecule has 1 aliphatic rings. The summed E-state index contributed by atoms with van der Waals surface area (Å²) in [5.74, 6) is -1.18. The van der Waals surface area contributed by atoms with Crippen molar-refractivity contribution >= 4 is 5.97 Å². The number of nitrogens with zero attached hydrogens (tertiary/aromatic N) is 1. The molecule has 7 heteroatoms. The van der Waals surface area contributed by atoms with E-state index < -0.39 is 30.3 Å². The second kappa shape index (κ2) is 11.9. The Bertz CT molecular complexity index is 1020. The van der Waals surface area contributed by atoms with Crippen LogP contribution in [0.25, 0.3) is 0 Å². The molecular formula is C27H29NO6. The van der Waals surface area contributed by atoms with Gasteiger partial charge >= 0.3 is 5.97 Å². The number of carbonyl (C=O) groups is 1. The van der Waals surface area contributed by atoms with E-state index in [-0.39, 0.29) is 19.8 Å². The minimum Gasteiger partial charge on any atom is -0.480 e. The van der Waals surface area contributed by atoms with Crippen molar-refractivity contribution in [1.82, 2.24) is 5.06 Å². The van der Waals surface area contributed by atoms with Crippen molar-refractivity contribution in [2.45, 2.75) is 44.1 Å². The first-order chi connectivity index (χ1) is 16.6. The van der Waals surface area contributed by atoms with Crippen LogP contribution in [0.2, 0.25) is 0 Å². The molecule has 1 fully saturated rings. The molecule has 2 N–H and O–H groups in total. The molecule has 0 bridgehead atoms. The number of carboxylic acid groups (broad SMARTS) is 1. The zero-order valence-electron chi connectivity index (χ0n) is 18.8. The average Bonchev–Trinajstić information content (AvgIpc) is 3.14. The van der Waals surface area contributed by atoms with Crippen LogP contribution in [0, 0.1) is 0 Å². The standard InChI is InChI=1S/C27H29NO6/c29-27(30)24-26(34-18-22-14-8-3-9-15-22)25(33-17-21-12-6-2-7-13-21)23(28(24)31)19-32-16-20-10-4-1-5-11-20/h1-15,23-26,31H,16-19H2,(H,29,30). The molecule has 34 heavy (non-hydrogen) atoms. The summed E-state index contributed by atoms with van der Waals surface area (Å²) in [6.07, 6.45) is -1.61. The van der Waals surface area contributed by atoms with Gasteiger partial charge in [0.25, 0.3) is 0 Å². The Morgan fingerprint density at radius 3 is 1.62 bits per heavy atom. The third-order valence-electron chi connectivity index (χ3n) is 5.86. The molecule has 0 amide bonds. The summed E-state index contributed by atoms with van der Waals surface area (Å²) in [5, 5.41) is 21.6. The van der Waals surface area contributed by atoms with Gasteiger partial charge in [-0.05, 0) is 16.7 Å². The second-order valence-corrected chi connectivity index (χ2v) is 8.25. The number of hydroxylamine groups is 2. The number of hydrogen-bond donors (Lipinski definition) is 2. The number of hydrogen-bond acceptors (Lipinski definition) is 6. The Kier molecular flexibility index (Phi) is 8.41. The fourth-order valence-corrected chi connectivity index (χ4v) is 4.13. The smallest absolute Gasteiger partial charge is 0.326 e. The number of rotatable bonds is 11. The Hall–Kier alpha value is -3.07. The fraction of sp³-hybridized carbons (Fsp3) is 0.296. The minimum atomic E-state index is -1.28. The van der Waals surface area contributed by atoms with Crippen molar-refractivity contribution in [2.75, 3.05) is 6.61 Å². The number of benzene rings is 3. The van der Waals surface area contributed by atoms with Crippen molar-refractivity contribution in [1.29, 1.82) is 0 Å². The molecule has 4 atom stereocenters. The van der Waals surface area contributed by atoms with Crippen LogP contribution in [0.15, 0.2) is 91.0 Å². The molecule has 0 spiro atoms. The van der Waals surface area contributed by atoms with Gasteiger partial charge in [-0.25, -0.2) is 0 Å². The van der Waals surface area contributed by atoms with Crippen LogP contribution >= 0.6 is 0 Å². The lowest BCUT2D eigenvalue weighted by Crippen LogP contribution is -2.44. The predicted octanol–water partition coefficient (Wildman–Crippen LogP) is 3.90. The van der Waals surface area contributed by atoms with Crippen LogP contribution in [-0.4, -0.2) is 52.2 Å². The molecule has 4 unspecified atom stereocenters. The largest absolute Gasteiger partial charge is 0.480 e. The van der Waals surface area contributed by atoms with Crippen LogP contribution < -0.4 is 0 Å². The highest BCUT2D eigenvalue weighted by molar-refractivity contribution is 5.75. The Labute approximate surface area is 199 Å². The first kappa shape index (κ1) is 24.1. The van der Waals surface area contributed by atoms with Crippen molar-refractivity contribution in [3.8, 4) is 0 Å². The van der Waals surface area contributed by atoms with E-state index in [2.05, 4.69) is 0 Å². The lowest BCUT2D eigenvalue weighted by molar-refractivity contribution is -0.184. The molecule has 0 aromatic heterocycles. The highest BCUT2D eigenvalue weighted by Gasteiger charge is 2.54. The van der Waals surface area contributed by atoms with E-state index >= 15 is 0 Å². The SMILES string of the molecule is O=C(O)C1C(OCc2ccccc2)C(OCc2ccccc2)C(COCc2ccccc2)N1O. The maximum Gasteiger partial charge on any atom is 0.326 e. The lowest BCUT2D eigenvalue weighted by atomic mass is 10.1. The van der Waals surface area contributed by atoms with Gasteiger partial charge in [0.2, 0.25) is 0 Å². The lowest BCUT2D eigenvalue weighted by Gasteiger charge is -2.25. The topological polar surface area (TPSA) is 88.5 Å². The third-order valence-corrected chi connectivity index (χ3v) is 5.86. The maximum absolute atomic E-state index is 12.1. The fourth-order valence-electron chi connectivity index (χ4n) is 4.13. The van der Waals surface area contributed by atoms with Crippen LogP contribution in [-0.2, 0) is 38.8 Å². The quantitative estimate of drug-likeness (QED) is 0.446.